The minimum Gasteiger partial charge on any atom is -0.493 e. The van der Waals surface area contributed by atoms with Crippen LogP contribution < -0.4 is 9.47 Å². The van der Waals surface area contributed by atoms with E-state index in [1.165, 1.54) is 0 Å². The molecule has 108 valence electrons. The summed E-state index contributed by atoms with van der Waals surface area (Å²) < 4.78 is 10.9. The van der Waals surface area contributed by atoms with Gasteiger partial charge in [-0.15, -0.1) is 0 Å². The van der Waals surface area contributed by atoms with Gasteiger partial charge in [-0.1, -0.05) is 13.0 Å². The second kappa shape index (κ2) is 7.36. The first-order valence-electron chi connectivity index (χ1n) is 6.63. The lowest BCUT2D eigenvalue weighted by molar-refractivity contribution is 0.145. The molecule has 0 aromatic heterocycles. The standard InChI is InChI=1S/C15H25NO3/c1-6-19-13-8-7-12(9-14(13)18-5)15(16(3)4)11(2)10-17/h7-9,11,15,17H,6,10H2,1-5H3. The highest BCUT2D eigenvalue weighted by Gasteiger charge is 2.22. The van der Waals surface area contributed by atoms with Gasteiger partial charge in [-0.25, -0.2) is 0 Å². The molecule has 2 atom stereocenters. The summed E-state index contributed by atoms with van der Waals surface area (Å²) in [6.45, 7) is 4.75. The predicted molar refractivity (Wildman–Crippen MR) is 76.8 cm³/mol. The van der Waals surface area contributed by atoms with E-state index in [4.69, 9.17) is 9.47 Å². The van der Waals surface area contributed by atoms with E-state index >= 15 is 0 Å². The largest absolute Gasteiger partial charge is 0.493 e. The average Bonchev–Trinajstić information content (AvgIpc) is 2.40. The third kappa shape index (κ3) is 3.85. The van der Waals surface area contributed by atoms with E-state index in [-0.39, 0.29) is 18.6 Å². The first-order chi connectivity index (χ1) is 9.04. The normalized spacial score (nSPS) is 14.3. The van der Waals surface area contributed by atoms with Gasteiger partial charge in [-0.3, -0.25) is 0 Å². The van der Waals surface area contributed by atoms with Crippen LogP contribution in [-0.4, -0.2) is 44.4 Å². The van der Waals surface area contributed by atoms with Gasteiger partial charge >= 0.3 is 0 Å². The van der Waals surface area contributed by atoms with Crippen LogP contribution in [0.5, 0.6) is 11.5 Å². The number of rotatable bonds is 7. The molecule has 0 bridgehead atoms. The molecular formula is C15H25NO3. The molecule has 0 radical (unpaired) electrons. The van der Waals surface area contributed by atoms with Crippen molar-refractivity contribution >= 4 is 0 Å². The highest BCUT2D eigenvalue weighted by Crippen LogP contribution is 2.34. The lowest BCUT2D eigenvalue weighted by Gasteiger charge is -2.30. The van der Waals surface area contributed by atoms with Crippen LogP contribution in [-0.2, 0) is 0 Å². The van der Waals surface area contributed by atoms with Gasteiger partial charge < -0.3 is 19.5 Å². The molecule has 1 N–H and O–H groups in total. The van der Waals surface area contributed by atoms with Gasteiger partial charge in [0.2, 0.25) is 0 Å². The van der Waals surface area contributed by atoms with Gasteiger partial charge in [0.1, 0.15) is 0 Å². The number of ether oxygens (including phenoxy) is 2. The highest BCUT2D eigenvalue weighted by atomic mass is 16.5. The molecule has 2 unspecified atom stereocenters. The number of aliphatic hydroxyl groups excluding tert-OH is 1. The molecule has 0 aliphatic heterocycles. The van der Waals surface area contributed by atoms with E-state index in [9.17, 15) is 5.11 Å². The fourth-order valence-corrected chi connectivity index (χ4v) is 2.38. The zero-order valence-corrected chi connectivity index (χ0v) is 12.5. The van der Waals surface area contributed by atoms with E-state index in [1.54, 1.807) is 7.11 Å². The molecule has 4 heteroatoms. The minimum atomic E-state index is 0.148. The summed E-state index contributed by atoms with van der Waals surface area (Å²) in [6, 6.07) is 6.10. The molecular weight excluding hydrogens is 242 g/mol. The lowest BCUT2D eigenvalue weighted by Crippen LogP contribution is -2.27. The van der Waals surface area contributed by atoms with Crippen LogP contribution in [0.4, 0.5) is 0 Å². The molecule has 0 saturated carbocycles. The van der Waals surface area contributed by atoms with Crippen molar-refractivity contribution in [3.8, 4) is 11.5 Å². The van der Waals surface area contributed by atoms with Crippen LogP contribution in [0.3, 0.4) is 0 Å². The monoisotopic (exact) mass is 267 g/mol. The Morgan fingerprint density at radius 1 is 1.26 bits per heavy atom. The van der Waals surface area contributed by atoms with Crippen LogP contribution in [0.1, 0.15) is 25.5 Å². The Hall–Kier alpha value is -1.26. The summed E-state index contributed by atoms with van der Waals surface area (Å²) in [5.74, 6) is 1.64. The maximum Gasteiger partial charge on any atom is 0.161 e. The lowest BCUT2D eigenvalue weighted by atomic mass is 9.94. The summed E-state index contributed by atoms with van der Waals surface area (Å²) >= 11 is 0. The molecule has 1 rings (SSSR count). The van der Waals surface area contributed by atoms with Gasteiger partial charge in [-0.05, 0) is 44.6 Å². The van der Waals surface area contributed by atoms with Gasteiger partial charge in [-0.2, -0.15) is 0 Å². The molecule has 0 heterocycles. The Bertz CT molecular complexity index is 393. The SMILES string of the molecule is CCOc1ccc(C(C(C)CO)N(C)C)cc1OC. The van der Waals surface area contributed by atoms with Crippen LogP contribution in [0.25, 0.3) is 0 Å². The van der Waals surface area contributed by atoms with Crippen molar-refractivity contribution in [3.63, 3.8) is 0 Å². The van der Waals surface area contributed by atoms with Crippen molar-refractivity contribution in [3.05, 3.63) is 23.8 Å². The Labute approximate surface area is 115 Å². The van der Waals surface area contributed by atoms with Gasteiger partial charge in [0.25, 0.3) is 0 Å². The smallest absolute Gasteiger partial charge is 0.161 e. The summed E-state index contributed by atoms with van der Waals surface area (Å²) in [5.41, 5.74) is 1.12. The van der Waals surface area contributed by atoms with Crippen LogP contribution >= 0.6 is 0 Å². The van der Waals surface area contributed by atoms with Gasteiger partial charge in [0, 0.05) is 12.6 Å². The Balaban J connectivity index is 3.11. The van der Waals surface area contributed by atoms with E-state index in [0.717, 1.165) is 17.1 Å². The van der Waals surface area contributed by atoms with Crippen molar-refractivity contribution in [2.75, 3.05) is 34.4 Å². The Morgan fingerprint density at radius 2 is 1.95 bits per heavy atom. The van der Waals surface area contributed by atoms with Crippen molar-refractivity contribution in [2.45, 2.75) is 19.9 Å². The molecule has 0 aliphatic rings. The van der Waals surface area contributed by atoms with E-state index in [2.05, 4.69) is 4.90 Å². The minimum absolute atomic E-state index is 0.148. The molecule has 1 aromatic rings. The molecule has 1 aromatic carbocycles. The third-order valence-electron chi connectivity index (χ3n) is 3.21. The number of benzene rings is 1. The maximum absolute atomic E-state index is 9.40. The van der Waals surface area contributed by atoms with E-state index < -0.39 is 0 Å². The Morgan fingerprint density at radius 3 is 2.42 bits per heavy atom. The van der Waals surface area contributed by atoms with E-state index in [0.29, 0.717) is 6.61 Å². The molecule has 0 aliphatic carbocycles. The number of hydrogen-bond donors (Lipinski definition) is 1. The van der Waals surface area contributed by atoms with Gasteiger partial charge in [0.05, 0.1) is 13.7 Å². The average molecular weight is 267 g/mol. The molecule has 0 fully saturated rings. The summed E-state index contributed by atoms with van der Waals surface area (Å²) in [4.78, 5) is 2.11. The second-order valence-corrected chi connectivity index (χ2v) is 4.91. The topological polar surface area (TPSA) is 41.9 Å². The second-order valence-electron chi connectivity index (χ2n) is 4.91. The Kier molecular flexibility index (Phi) is 6.12. The zero-order valence-electron chi connectivity index (χ0n) is 12.5. The predicted octanol–water partition coefficient (Wildman–Crippen LogP) is 2.33. The first-order valence-corrected chi connectivity index (χ1v) is 6.63. The van der Waals surface area contributed by atoms with Crippen molar-refractivity contribution in [2.24, 2.45) is 5.92 Å². The van der Waals surface area contributed by atoms with Crippen LogP contribution in [0, 0.1) is 5.92 Å². The summed E-state index contributed by atoms with van der Waals surface area (Å²) in [7, 11) is 5.67. The van der Waals surface area contributed by atoms with Crippen molar-refractivity contribution in [1.82, 2.24) is 4.90 Å². The number of nitrogens with zero attached hydrogens (tertiary/aromatic N) is 1. The van der Waals surface area contributed by atoms with Crippen LogP contribution in [0.15, 0.2) is 18.2 Å². The summed E-state index contributed by atoms with van der Waals surface area (Å²) in [5, 5.41) is 9.40. The quantitative estimate of drug-likeness (QED) is 0.823. The molecule has 19 heavy (non-hydrogen) atoms. The fourth-order valence-electron chi connectivity index (χ4n) is 2.38. The maximum atomic E-state index is 9.40. The van der Waals surface area contributed by atoms with Crippen molar-refractivity contribution < 1.29 is 14.6 Å². The molecule has 0 saturated heterocycles. The number of aliphatic hydroxyl groups is 1. The zero-order chi connectivity index (χ0) is 14.4. The van der Waals surface area contributed by atoms with Gasteiger partial charge in [0.15, 0.2) is 11.5 Å². The van der Waals surface area contributed by atoms with Crippen molar-refractivity contribution in [1.29, 1.82) is 0 Å². The number of methoxy groups -OCH3 is 1. The first kappa shape index (κ1) is 15.8. The molecule has 0 amide bonds. The summed E-state index contributed by atoms with van der Waals surface area (Å²) in [6.07, 6.45) is 0. The molecule has 0 spiro atoms. The highest BCUT2D eigenvalue weighted by molar-refractivity contribution is 5.44. The van der Waals surface area contributed by atoms with Crippen LogP contribution in [0.2, 0.25) is 0 Å². The third-order valence-corrected chi connectivity index (χ3v) is 3.21. The fraction of sp³-hybridized carbons (Fsp3) is 0.600. The van der Waals surface area contributed by atoms with E-state index in [1.807, 2.05) is 46.1 Å². The number of hydrogen-bond acceptors (Lipinski definition) is 4. The molecule has 4 nitrogen and oxygen atoms in total.